The zero-order chi connectivity index (χ0) is 17.6. The maximum absolute atomic E-state index is 5.85. The molecule has 134 valence electrons. The van der Waals surface area contributed by atoms with Gasteiger partial charge in [0.15, 0.2) is 0 Å². The first-order chi connectivity index (χ1) is 12.9. The van der Waals surface area contributed by atoms with Crippen LogP contribution in [0, 0.1) is 0 Å². The zero-order valence-corrected chi connectivity index (χ0v) is 15.1. The minimum Gasteiger partial charge on any atom is -0.478 e. The van der Waals surface area contributed by atoms with Crippen LogP contribution in [-0.2, 0) is 0 Å². The van der Waals surface area contributed by atoms with Gasteiger partial charge in [-0.15, -0.1) is 0 Å². The van der Waals surface area contributed by atoms with Gasteiger partial charge in [-0.25, -0.2) is 4.98 Å². The monoisotopic (exact) mass is 347 g/mol. The Morgan fingerprint density at radius 2 is 1.58 bits per heavy atom. The Morgan fingerprint density at radius 1 is 0.808 bits per heavy atom. The fourth-order valence-electron chi connectivity index (χ4n) is 3.46. The summed E-state index contributed by atoms with van der Waals surface area (Å²) in [6, 6.07) is 22.8. The third kappa shape index (κ3) is 4.14. The Balaban J connectivity index is 1.19. The largest absolute Gasteiger partial charge is 0.478 e. The van der Waals surface area contributed by atoms with Crippen LogP contribution < -0.4 is 9.64 Å². The Labute approximate surface area is 155 Å². The summed E-state index contributed by atoms with van der Waals surface area (Å²) in [5.41, 5.74) is 2.32. The number of fused-ring (bicyclic) bond motifs is 1. The number of pyridine rings is 1. The molecule has 1 aliphatic heterocycles. The van der Waals surface area contributed by atoms with Gasteiger partial charge in [-0.3, -0.25) is 4.90 Å². The molecular weight excluding hydrogens is 322 g/mol. The molecule has 1 fully saturated rings. The van der Waals surface area contributed by atoms with E-state index >= 15 is 0 Å². The van der Waals surface area contributed by atoms with Crippen LogP contribution in [0.5, 0.6) is 5.88 Å². The number of nitrogens with zero attached hydrogens (tertiary/aromatic N) is 3. The van der Waals surface area contributed by atoms with Crippen molar-refractivity contribution in [3.63, 3.8) is 0 Å². The molecule has 0 atom stereocenters. The van der Waals surface area contributed by atoms with Crippen LogP contribution in [-0.4, -0.2) is 49.2 Å². The molecule has 1 aromatic heterocycles. The van der Waals surface area contributed by atoms with Crippen molar-refractivity contribution in [2.24, 2.45) is 0 Å². The lowest BCUT2D eigenvalue weighted by Crippen LogP contribution is -2.46. The highest BCUT2D eigenvalue weighted by atomic mass is 16.5. The van der Waals surface area contributed by atoms with Crippen LogP contribution in [0.3, 0.4) is 0 Å². The Morgan fingerprint density at radius 3 is 2.42 bits per heavy atom. The summed E-state index contributed by atoms with van der Waals surface area (Å²) in [4.78, 5) is 9.55. The second kappa shape index (κ2) is 8.19. The predicted octanol–water partition coefficient (Wildman–Crippen LogP) is 3.83. The van der Waals surface area contributed by atoms with Gasteiger partial charge in [-0.2, -0.15) is 0 Å². The molecule has 1 aliphatic rings. The summed E-state index contributed by atoms with van der Waals surface area (Å²) < 4.78 is 5.85. The zero-order valence-electron chi connectivity index (χ0n) is 15.1. The van der Waals surface area contributed by atoms with Gasteiger partial charge in [0, 0.05) is 49.9 Å². The highest BCUT2D eigenvalue weighted by Crippen LogP contribution is 2.17. The normalized spacial score (nSPS) is 15.3. The van der Waals surface area contributed by atoms with E-state index in [0.717, 1.165) is 55.9 Å². The summed E-state index contributed by atoms with van der Waals surface area (Å²) in [5, 5.41) is 1.15. The molecule has 0 spiro atoms. The molecule has 1 saturated heterocycles. The Hall–Kier alpha value is -2.59. The number of para-hydroxylation sites is 2. The minimum atomic E-state index is 0.713. The van der Waals surface area contributed by atoms with Gasteiger partial charge in [0.2, 0.25) is 5.88 Å². The molecule has 0 bridgehead atoms. The third-order valence-electron chi connectivity index (χ3n) is 4.94. The topological polar surface area (TPSA) is 28.6 Å². The van der Waals surface area contributed by atoms with Gasteiger partial charge in [-0.1, -0.05) is 36.4 Å². The van der Waals surface area contributed by atoms with E-state index in [-0.39, 0.29) is 0 Å². The van der Waals surface area contributed by atoms with Crippen molar-refractivity contribution in [2.75, 3.05) is 44.2 Å². The van der Waals surface area contributed by atoms with Crippen molar-refractivity contribution in [2.45, 2.75) is 6.42 Å². The second-order valence-corrected chi connectivity index (χ2v) is 6.71. The van der Waals surface area contributed by atoms with Gasteiger partial charge < -0.3 is 9.64 Å². The number of anilines is 1. The number of rotatable bonds is 6. The van der Waals surface area contributed by atoms with E-state index in [1.807, 2.05) is 24.3 Å². The van der Waals surface area contributed by atoms with Gasteiger partial charge >= 0.3 is 0 Å². The predicted molar refractivity (Wildman–Crippen MR) is 107 cm³/mol. The first kappa shape index (κ1) is 16.9. The molecule has 0 unspecified atom stereocenters. The van der Waals surface area contributed by atoms with E-state index in [9.17, 15) is 0 Å². The Kier molecular flexibility index (Phi) is 5.31. The average Bonchev–Trinajstić information content (AvgIpc) is 2.72. The van der Waals surface area contributed by atoms with E-state index in [2.05, 4.69) is 57.2 Å². The highest BCUT2D eigenvalue weighted by molar-refractivity contribution is 5.78. The lowest BCUT2D eigenvalue weighted by Gasteiger charge is -2.36. The van der Waals surface area contributed by atoms with Crippen molar-refractivity contribution in [3.05, 3.63) is 66.7 Å². The lowest BCUT2D eigenvalue weighted by atomic mass is 10.2. The third-order valence-corrected chi connectivity index (χ3v) is 4.94. The summed E-state index contributed by atoms with van der Waals surface area (Å²) in [5.74, 6) is 0.720. The molecule has 0 N–H and O–H groups in total. The van der Waals surface area contributed by atoms with Crippen LogP contribution in [0.25, 0.3) is 10.9 Å². The van der Waals surface area contributed by atoms with E-state index in [1.165, 1.54) is 5.69 Å². The van der Waals surface area contributed by atoms with Crippen molar-refractivity contribution in [1.29, 1.82) is 0 Å². The molecule has 4 nitrogen and oxygen atoms in total. The molecule has 26 heavy (non-hydrogen) atoms. The molecule has 0 amide bonds. The maximum Gasteiger partial charge on any atom is 0.213 e. The van der Waals surface area contributed by atoms with Crippen LogP contribution in [0.2, 0.25) is 0 Å². The Bertz CT molecular complexity index is 829. The van der Waals surface area contributed by atoms with Gasteiger partial charge in [-0.05, 0) is 30.7 Å². The van der Waals surface area contributed by atoms with Crippen LogP contribution in [0.1, 0.15) is 6.42 Å². The number of aromatic nitrogens is 1. The van der Waals surface area contributed by atoms with E-state index in [4.69, 9.17) is 4.74 Å². The molecule has 4 heteroatoms. The summed E-state index contributed by atoms with van der Waals surface area (Å²) in [6.45, 7) is 6.21. The molecule has 2 aromatic carbocycles. The van der Waals surface area contributed by atoms with Crippen LogP contribution in [0.15, 0.2) is 66.7 Å². The van der Waals surface area contributed by atoms with E-state index in [0.29, 0.717) is 6.61 Å². The fourth-order valence-corrected chi connectivity index (χ4v) is 3.46. The van der Waals surface area contributed by atoms with E-state index < -0.39 is 0 Å². The average molecular weight is 347 g/mol. The van der Waals surface area contributed by atoms with Crippen molar-refractivity contribution in [1.82, 2.24) is 9.88 Å². The number of hydrogen-bond acceptors (Lipinski definition) is 4. The number of benzene rings is 2. The van der Waals surface area contributed by atoms with Crippen LogP contribution in [0.4, 0.5) is 5.69 Å². The molecule has 2 heterocycles. The van der Waals surface area contributed by atoms with Gasteiger partial charge in [0.05, 0.1) is 12.1 Å². The van der Waals surface area contributed by atoms with Crippen LogP contribution >= 0.6 is 0 Å². The maximum atomic E-state index is 5.85. The SMILES string of the molecule is c1ccc(N2CCN(CCCOc3ccc4ccccc4n3)CC2)cc1. The van der Waals surface area contributed by atoms with Gasteiger partial charge in [0.1, 0.15) is 0 Å². The molecular formula is C22H25N3O. The summed E-state index contributed by atoms with van der Waals surface area (Å²) in [7, 11) is 0. The molecule has 0 radical (unpaired) electrons. The molecule has 3 aromatic rings. The summed E-state index contributed by atoms with van der Waals surface area (Å²) in [6.07, 6.45) is 1.03. The quantitative estimate of drug-likeness (QED) is 0.634. The minimum absolute atomic E-state index is 0.713. The second-order valence-electron chi connectivity index (χ2n) is 6.71. The number of piperazine rings is 1. The first-order valence-corrected chi connectivity index (χ1v) is 9.39. The molecule has 0 aliphatic carbocycles. The molecule has 0 saturated carbocycles. The summed E-state index contributed by atoms with van der Waals surface area (Å²) >= 11 is 0. The van der Waals surface area contributed by atoms with Crippen molar-refractivity contribution in [3.8, 4) is 5.88 Å². The smallest absolute Gasteiger partial charge is 0.213 e. The number of hydrogen-bond donors (Lipinski definition) is 0. The standard InChI is InChI=1S/C22H25N3O/c1-2-8-20(9-3-1)25-16-14-24(15-17-25)13-6-18-26-22-12-11-19-7-4-5-10-21(19)23-22/h1-5,7-12H,6,13-18H2. The van der Waals surface area contributed by atoms with Crippen molar-refractivity contribution >= 4 is 16.6 Å². The van der Waals surface area contributed by atoms with Crippen molar-refractivity contribution < 1.29 is 4.74 Å². The number of ether oxygens (including phenoxy) is 1. The fraction of sp³-hybridized carbons (Fsp3) is 0.318. The first-order valence-electron chi connectivity index (χ1n) is 9.39. The lowest BCUT2D eigenvalue weighted by molar-refractivity contribution is 0.222. The van der Waals surface area contributed by atoms with Gasteiger partial charge in [0.25, 0.3) is 0 Å². The highest BCUT2D eigenvalue weighted by Gasteiger charge is 2.16. The van der Waals surface area contributed by atoms with E-state index in [1.54, 1.807) is 0 Å². The molecule has 4 rings (SSSR count).